The van der Waals surface area contributed by atoms with Crippen LogP contribution in [0.4, 0.5) is 0 Å². The molecule has 3 rings (SSSR count). The summed E-state index contributed by atoms with van der Waals surface area (Å²) in [6, 6.07) is 8.14. The molecule has 0 radical (unpaired) electrons. The first-order valence-corrected chi connectivity index (χ1v) is 11.8. The topological polar surface area (TPSA) is 60.4 Å². The van der Waals surface area contributed by atoms with E-state index in [0.717, 1.165) is 75.9 Å². The van der Waals surface area contributed by atoms with Gasteiger partial charge in [-0.3, -0.25) is 9.69 Å². The summed E-state index contributed by atoms with van der Waals surface area (Å²) in [5.74, 6) is 2.13. The first kappa shape index (κ1) is 26.7. The number of guanidine groups is 1. The van der Waals surface area contributed by atoms with Gasteiger partial charge in [0.2, 0.25) is 5.91 Å². The highest BCUT2D eigenvalue weighted by molar-refractivity contribution is 14.0. The lowest BCUT2D eigenvalue weighted by molar-refractivity contribution is -0.135. The number of rotatable bonds is 7. The molecule has 2 saturated heterocycles. The van der Waals surface area contributed by atoms with Crippen molar-refractivity contribution >= 4 is 35.8 Å². The minimum atomic E-state index is -0.0358. The molecule has 1 atom stereocenters. The molecule has 1 amide bonds. The Bertz CT molecular complexity index is 726. The summed E-state index contributed by atoms with van der Waals surface area (Å²) in [6.45, 7) is 15.1. The maximum absolute atomic E-state index is 12.7. The number of amides is 1. The van der Waals surface area contributed by atoms with E-state index in [9.17, 15) is 4.79 Å². The van der Waals surface area contributed by atoms with Crippen molar-refractivity contribution < 1.29 is 9.53 Å². The number of piperazine rings is 1. The van der Waals surface area contributed by atoms with Gasteiger partial charge >= 0.3 is 0 Å². The van der Waals surface area contributed by atoms with E-state index in [1.807, 2.05) is 30.9 Å². The monoisotopic (exact) mass is 557 g/mol. The molecular formula is C24H40IN5O2. The van der Waals surface area contributed by atoms with Crippen LogP contribution in [0, 0.1) is 0 Å². The average Bonchev–Trinajstić information content (AvgIpc) is 3.31. The van der Waals surface area contributed by atoms with Gasteiger partial charge in [0.25, 0.3) is 0 Å². The van der Waals surface area contributed by atoms with Crippen LogP contribution in [-0.2, 0) is 11.3 Å². The van der Waals surface area contributed by atoms with Gasteiger partial charge in [-0.25, -0.2) is 4.99 Å². The third-order valence-electron chi connectivity index (χ3n) is 5.98. The molecule has 32 heavy (non-hydrogen) atoms. The Hall–Kier alpha value is -1.55. The molecular weight excluding hydrogens is 517 g/mol. The second-order valence-electron chi connectivity index (χ2n) is 8.71. The molecule has 2 aliphatic heterocycles. The smallest absolute Gasteiger partial charge is 0.239 e. The SMILES string of the molecule is CCNC(=NCc1ccc(OC(C)C)cc1)N1CCN(C(C)C(=O)N2CCCC2)CC1.I. The van der Waals surface area contributed by atoms with Gasteiger partial charge in [0, 0.05) is 45.8 Å². The Balaban J connectivity index is 0.00000363. The van der Waals surface area contributed by atoms with Gasteiger partial charge < -0.3 is 19.9 Å². The van der Waals surface area contributed by atoms with E-state index in [0.29, 0.717) is 6.54 Å². The van der Waals surface area contributed by atoms with Gasteiger partial charge in [-0.2, -0.15) is 0 Å². The molecule has 0 aliphatic carbocycles. The van der Waals surface area contributed by atoms with E-state index in [2.05, 4.69) is 41.1 Å². The zero-order chi connectivity index (χ0) is 22.2. The number of likely N-dealkylation sites (tertiary alicyclic amines) is 1. The fourth-order valence-electron chi connectivity index (χ4n) is 4.22. The van der Waals surface area contributed by atoms with Crippen molar-refractivity contribution in [1.82, 2.24) is 20.0 Å². The fraction of sp³-hybridized carbons (Fsp3) is 0.667. The Morgan fingerprint density at radius 1 is 1.00 bits per heavy atom. The first-order valence-electron chi connectivity index (χ1n) is 11.8. The summed E-state index contributed by atoms with van der Waals surface area (Å²) in [4.78, 5) is 24.2. The van der Waals surface area contributed by atoms with Crippen LogP contribution in [0.5, 0.6) is 5.75 Å². The third kappa shape index (κ3) is 7.50. The van der Waals surface area contributed by atoms with E-state index in [4.69, 9.17) is 9.73 Å². The van der Waals surface area contributed by atoms with Gasteiger partial charge in [-0.1, -0.05) is 12.1 Å². The summed E-state index contributed by atoms with van der Waals surface area (Å²) in [5, 5.41) is 3.43. The fourth-order valence-corrected chi connectivity index (χ4v) is 4.22. The van der Waals surface area contributed by atoms with Crippen LogP contribution < -0.4 is 10.1 Å². The van der Waals surface area contributed by atoms with E-state index in [-0.39, 0.29) is 42.0 Å². The molecule has 1 aromatic rings. The van der Waals surface area contributed by atoms with Gasteiger partial charge in [0.15, 0.2) is 5.96 Å². The summed E-state index contributed by atoms with van der Waals surface area (Å²) in [5.41, 5.74) is 1.16. The number of hydrogen-bond donors (Lipinski definition) is 1. The lowest BCUT2D eigenvalue weighted by Crippen LogP contribution is -2.57. The number of halogens is 1. The predicted molar refractivity (Wildman–Crippen MR) is 141 cm³/mol. The van der Waals surface area contributed by atoms with Crippen molar-refractivity contribution in [2.75, 3.05) is 45.8 Å². The van der Waals surface area contributed by atoms with E-state index >= 15 is 0 Å². The summed E-state index contributed by atoms with van der Waals surface area (Å²) < 4.78 is 5.72. The van der Waals surface area contributed by atoms with Gasteiger partial charge in [-0.05, 0) is 58.2 Å². The van der Waals surface area contributed by atoms with Crippen molar-refractivity contribution in [3.8, 4) is 5.75 Å². The molecule has 180 valence electrons. The molecule has 0 aromatic heterocycles. The van der Waals surface area contributed by atoms with Crippen LogP contribution >= 0.6 is 24.0 Å². The van der Waals surface area contributed by atoms with Crippen molar-refractivity contribution in [2.24, 2.45) is 4.99 Å². The molecule has 2 heterocycles. The normalized spacial score (nSPS) is 18.5. The second-order valence-corrected chi connectivity index (χ2v) is 8.71. The van der Waals surface area contributed by atoms with Gasteiger partial charge in [-0.15, -0.1) is 24.0 Å². The number of aliphatic imine (C=N–C) groups is 1. The molecule has 1 unspecified atom stereocenters. The number of carbonyl (C=O) groups is 1. The van der Waals surface area contributed by atoms with E-state index < -0.39 is 0 Å². The Morgan fingerprint density at radius 2 is 1.62 bits per heavy atom. The molecule has 1 N–H and O–H groups in total. The Labute approximate surface area is 210 Å². The number of benzene rings is 1. The van der Waals surface area contributed by atoms with Crippen LogP contribution in [0.1, 0.15) is 46.1 Å². The summed E-state index contributed by atoms with van der Waals surface area (Å²) in [6.07, 6.45) is 2.46. The summed E-state index contributed by atoms with van der Waals surface area (Å²) in [7, 11) is 0. The third-order valence-corrected chi connectivity index (χ3v) is 5.98. The molecule has 0 saturated carbocycles. The second kappa shape index (κ2) is 13.2. The quantitative estimate of drug-likeness (QED) is 0.317. The minimum Gasteiger partial charge on any atom is -0.491 e. The number of nitrogens with zero attached hydrogens (tertiary/aromatic N) is 4. The van der Waals surface area contributed by atoms with Crippen LogP contribution in [0.15, 0.2) is 29.3 Å². The van der Waals surface area contributed by atoms with E-state index in [1.54, 1.807) is 0 Å². The molecule has 0 spiro atoms. The van der Waals surface area contributed by atoms with Crippen LogP contribution in [-0.4, -0.2) is 84.5 Å². The lowest BCUT2D eigenvalue weighted by atomic mass is 10.2. The highest BCUT2D eigenvalue weighted by atomic mass is 127. The highest BCUT2D eigenvalue weighted by Crippen LogP contribution is 2.16. The van der Waals surface area contributed by atoms with Gasteiger partial charge in [0.05, 0.1) is 18.7 Å². The van der Waals surface area contributed by atoms with Crippen LogP contribution in [0.3, 0.4) is 0 Å². The molecule has 7 nitrogen and oxygen atoms in total. The van der Waals surface area contributed by atoms with Crippen molar-refractivity contribution in [3.05, 3.63) is 29.8 Å². The number of ether oxygens (including phenoxy) is 1. The summed E-state index contributed by atoms with van der Waals surface area (Å²) >= 11 is 0. The molecule has 1 aromatic carbocycles. The van der Waals surface area contributed by atoms with Crippen LogP contribution in [0.25, 0.3) is 0 Å². The van der Waals surface area contributed by atoms with Crippen LogP contribution in [0.2, 0.25) is 0 Å². The Morgan fingerprint density at radius 3 is 2.19 bits per heavy atom. The van der Waals surface area contributed by atoms with Crippen molar-refractivity contribution in [1.29, 1.82) is 0 Å². The highest BCUT2D eigenvalue weighted by Gasteiger charge is 2.30. The number of nitrogens with one attached hydrogen (secondary N) is 1. The Kier molecular flexibility index (Phi) is 11.0. The average molecular weight is 558 g/mol. The molecule has 2 fully saturated rings. The standard InChI is InChI=1S/C24H39N5O2.HI/c1-5-25-24(26-18-21-8-10-22(11-9-21)31-19(2)3)29-16-14-27(15-17-29)20(4)23(30)28-12-6-7-13-28;/h8-11,19-20H,5-7,12-18H2,1-4H3,(H,25,26);1H. The first-order chi connectivity index (χ1) is 15.0. The zero-order valence-electron chi connectivity index (χ0n) is 20.0. The van der Waals surface area contributed by atoms with Crippen molar-refractivity contribution in [3.63, 3.8) is 0 Å². The molecule has 0 bridgehead atoms. The minimum absolute atomic E-state index is 0. The van der Waals surface area contributed by atoms with Gasteiger partial charge in [0.1, 0.15) is 5.75 Å². The number of hydrogen-bond acceptors (Lipinski definition) is 4. The predicted octanol–water partition coefficient (Wildman–Crippen LogP) is 3.19. The maximum atomic E-state index is 12.7. The largest absolute Gasteiger partial charge is 0.491 e. The van der Waals surface area contributed by atoms with Crippen molar-refractivity contribution in [2.45, 2.75) is 59.2 Å². The lowest BCUT2D eigenvalue weighted by Gasteiger charge is -2.39. The molecule has 8 heteroatoms. The number of carbonyl (C=O) groups excluding carboxylic acids is 1. The molecule has 2 aliphatic rings. The zero-order valence-corrected chi connectivity index (χ0v) is 22.4. The van der Waals surface area contributed by atoms with E-state index in [1.165, 1.54) is 0 Å². The maximum Gasteiger partial charge on any atom is 0.239 e.